The van der Waals surface area contributed by atoms with E-state index in [0.29, 0.717) is 41.7 Å². The second-order valence-corrected chi connectivity index (χ2v) is 10.4. The van der Waals surface area contributed by atoms with Crippen LogP contribution in [0.4, 0.5) is 0 Å². The van der Waals surface area contributed by atoms with Gasteiger partial charge in [0, 0.05) is 11.8 Å². The maximum atomic E-state index is 12.6. The minimum absolute atomic E-state index is 0.105. The van der Waals surface area contributed by atoms with Crippen LogP contribution in [0.3, 0.4) is 0 Å². The van der Waals surface area contributed by atoms with Gasteiger partial charge in [-0.3, -0.25) is 9.59 Å². The van der Waals surface area contributed by atoms with Crippen molar-refractivity contribution in [2.45, 2.75) is 73.6 Å². The fourth-order valence-corrected chi connectivity index (χ4v) is 7.61. The number of hydrogen-bond donors (Lipinski definition) is 0. The molecule has 0 aromatic heterocycles. The monoisotopic (exact) mass is 354 g/mol. The van der Waals surface area contributed by atoms with Gasteiger partial charge in [0.2, 0.25) is 0 Å². The number of ketones is 2. The highest BCUT2D eigenvalue weighted by Crippen LogP contribution is 2.70. The Morgan fingerprint density at radius 2 is 1.77 bits per heavy atom. The molecule has 26 heavy (non-hydrogen) atoms. The first-order valence-corrected chi connectivity index (χ1v) is 10.5. The smallest absolute Gasteiger partial charge is 0.156 e. The first kappa shape index (κ1) is 18.2. The van der Waals surface area contributed by atoms with Gasteiger partial charge >= 0.3 is 0 Å². The summed E-state index contributed by atoms with van der Waals surface area (Å²) in [6, 6.07) is 0. The summed E-state index contributed by atoms with van der Waals surface area (Å²) in [6.07, 6.45) is 9.64. The van der Waals surface area contributed by atoms with Gasteiger partial charge in [0.05, 0.1) is 0 Å². The second kappa shape index (κ2) is 5.42. The molecule has 0 bridgehead atoms. The molecular weight excluding hydrogens is 320 g/mol. The number of rotatable bonds is 1. The lowest BCUT2D eigenvalue weighted by molar-refractivity contribution is -0.137. The molecule has 4 aliphatic rings. The van der Waals surface area contributed by atoms with Gasteiger partial charge in [0.1, 0.15) is 5.78 Å². The Bertz CT molecular complexity index is 743. The average molecular weight is 355 g/mol. The van der Waals surface area contributed by atoms with E-state index in [4.69, 9.17) is 0 Å². The van der Waals surface area contributed by atoms with Gasteiger partial charge in [0.25, 0.3) is 0 Å². The molecule has 4 aliphatic carbocycles. The third-order valence-corrected chi connectivity index (χ3v) is 9.77. The Kier molecular flexibility index (Phi) is 3.80. The molecule has 0 aromatic carbocycles. The summed E-state index contributed by atoms with van der Waals surface area (Å²) in [7, 11) is 0. The van der Waals surface area contributed by atoms with Crippen LogP contribution in [0.5, 0.6) is 0 Å². The zero-order chi connectivity index (χ0) is 19.1. The number of fused-ring (bicyclic) bond motifs is 5. The van der Waals surface area contributed by atoms with Crippen LogP contribution >= 0.6 is 0 Å². The molecule has 0 radical (unpaired) electrons. The molecular formula is C24H34O2. The molecule has 4 rings (SSSR count). The van der Waals surface area contributed by atoms with Crippen molar-refractivity contribution in [3.8, 4) is 0 Å². The average Bonchev–Trinajstić information content (AvgIpc) is 2.83. The van der Waals surface area contributed by atoms with E-state index in [1.807, 2.05) is 6.08 Å². The molecule has 0 saturated heterocycles. The van der Waals surface area contributed by atoms with Crippen molar-refractivity contribution in [3.05, 3.63) is 23.3 Å². The summed E-state index contributed by atoms with van der Waals surface area (Å²) in [5.74, 6) is 2.81. The lowest BCUT2D eigenvalue weighted by atomic mass is 9.44. The SMILES string of the molecule is CC(=O)[C@@]1(C)CCC2C3C=C(C)C4=CC(=O)C[C@H](C)C4(C)C3CCC21C. The van der Waals surface area contributed by atoms with Gasteiger partial charge in [-0.05, 0) is 85.7 Å². The van der Waals surface area contributed by atoms with E-state index >= 15 is 0 Å². The number of carbonyl (C=O) groups excluding carboxylic acids is 2. The van der Waals surface area contributed by atoms with E-state index in [2.05, 4.69) is 40.7 Å². The molecule has 0 amide bonds. The van der Waals surface area contributed by atoms with Crippen molar-refractivity contribution in [1.82, 2.24) is 0 Å². The largest absolute Gasteiger partial charge is 0.299 e. The highest BCUT2D eigenvalue weighted by molar-refractivity contribution is 5.93. The van der Waals surface area contributed by atoms with Crippen LogP contribution in [0.2, 0.25) is 0 Å². The summed E-state index contributed by atoms with van der Waals surface area (Å²) in [5, 5.41) is 0. The van der Waals surface area contributed by atoms with Crippen LogP contribution in [-0.2, 0) is 9.59 Å². The molecule has 0 spiro atoms. The predicted molar refractivity (Wildman–Crippen MR) is 105 cm³/mol. The van der Waals surface area contributed by atoms with Crippen molar-refractivity contribution < 1.29 is 9.59 Å². The van der Waals surface area contributed by atoms with Gasteiger partial charge in [-0.2, -0.15) is 0 Å². The van der Waals surface area contributed by atoms with Crippen molar-refractivity contribution in [2.24, 2.45) is 39.9 Å². The molecule has 142 valence electrons. The molecule has 0 aliphatic heterocycles. The van der Waals surface area contributed by atoms with Crippen molar-refractivity contribution >= 4 is 11.6 Å². The number of Topliss-reactive ketones (excluding diaryl/α,β-unsaturated/α-hetero) is 1. The van der Waals surface area contributed by atoms with E-state index in [1.165, 1.54) is 24.0 Å². The quantitative estimate of drug-likeness (QED) is 0.621. The first-order chi connectivity index (χ1) is 12.1. The normalized spacial score (nSPS) is 50.3. The fourth-order valence-electron chi connectivity index (χ4n) is 7.61. The highest BCUT2D eigenvalue weighted by Gasteiger charge is 2.64. The third kappa shape index (κ3) is 1.99. The van der Waals surface area contributed by atoms with E-state index in [0.717, 1.165) is 12.8 Å². The van der Waals surface area contributed by atoms with Gasteiger partial charge in [-0.15, -0.1) is 0 Å². The summed E-state index contributed by atoms with van der Waals surface area (Å²) in [4.78, 5) is 24.8. The van der Waals surface area contributed by atoms with Crippen LogP contribution < -0.4 is 0 Å². The lowest BCUT2D eigenvalue weighted by Crippen LogP contribution is -2.54. The van der Waals surface area contributed by atoms with Crippen molar-refractivity contribution in [1.29, 1.82) is 0 Å². The number of carbonyl (C=O) groups is 2. The minimum atomic E-state index is -0.171. The molecule has 5 unspecified atom stereocenters. The minimum Gasteiger partial charge on any atom is -0.299 e. The summed E-state index contributed by atoms with van der Waals surface area (Å²) in [5.41, 5.74) is 2.67. The lowest BCUT2D eigenvalue weighted by Gasteiger charge is -2.59. The van der Waals surface area contributed by atoms with Crippen molar-refractivity contribution in [2.75, 3.05) is 0 Å². The molecule has 0 aromatic rings. The topological polar surface area (TPSA) is 34.1 Å². The molecule has 0 heterocycles. The standard InChI is InChI=1S/C24H34O2/c1-14-11-18-19-7-9-22(4,16(3)25)23(19,5)10-8-20(18)24(6)15(2)12-17(26)13-21(14)24/h11,13,15,18-20H,7-10,12H2,1-6H3/t15-,18?,19?,20?,22+,23?,24?/m0/s1. The molecule has 2 heteroatoms. The van der Waals surface area contributed by atoms with Gasteiger partial charge in [-0.1, -0.05) is 39.3 Å². The molecule has 2 nitrogen and oxygen atoms in total. The van der Waals surface area contributed by atoms with E-state index < -0.39 is 0 Å². The van der Waals surface area contributed by atoms with E-state index in [-0.39, 0.29) is 16.2 Å². The zero-order valence-electron chi connectivity index (χ0n) is 17.3. The number of hydrogen-bond acceptors (Lipinski definition) is 2. The van der Waals surface area contributed by atoms with Gasteiger partial charge in [0.15, 0.2) is 5.78 Å². The van der Waals surface area contributed by atoms with E-state index in [1.54, 1.807) is 6.92 Å². The van der Waals surface area contributed by atoms with Crippen LogP contribution in [0.25, 0.3) is 0 Å². The number of allylic oxidation sites excluding steroid dienone is 4. The Labute approximate surface area is 158 Å². The summed E-state index contributed by atoms with van der Waals surface area (Å²) in [6.45, 7) is 13.3. The Balaban J connectivity index is 1.82. The van der Waals surface area contributed by atoms with Crippen LogP contribution in [0.15, 0.2) is 23.3 Å². The molecule has 7 atom stereocenters. The molecule has 0 N–H and O–H groups in total. The van der Waals surface area contributed by atoms with Crippen molar-refractivity contribution in [3.63, 3.8) is 0 Å². The molecule has 2 fully saturated rings. The van der Waals surface area contributed by atoms with Crippen LogP contribution in [0.1, 0.15) is 73.6 Å². The summed E-state index contributed by atoms with van der Waals surface area (Å²) < 4.78 is 0. The Morgan fingerprint density at radius 3 is 2.42 bits per heavy atom. The third-order valence-electron chi connectivity index (χ3n) is 9.77. The predicted octanol–water partition coefficient (Wildman–Crippen LogP) is 5.53. The summed E-state index contributed by atoms with van der Waals surface area (Å²) >= 11 is 0. The first-order valence-electron chi connectivity index (χ1n) is 10.5. The van der Waals surface area contributed by atoms with Crippen LogP contribution in [0, 0.1) is 39.9 Å². The fraction of sp³-hybridized carbons (Fsp3) is 0.750. The second-order valence-electron chi connectivity index (χ2n) is 10.4. The van der Waals surface area contributed by atoms with Gasteiger partial charge < -0.3 is 0 Å². The van der Waals surface area contributed by atoms with Crippen LogP contribution in [-0.4, -0.2) is 11.6 Å². The van der Waals surface area contributed by atoms with E-state index in [9.17, 15) is 9.59 Å². The maximum absolute atomic E-state index is 12.6. The highest BCUT2D eigenvalue weighted by atomic mass is 16.1. The van der Waals surface area contributed by atoms with Gasteiger partial charge in [-0.25, -0.2) is 0 Å². The zero-order valence-corrected chi connectivity index (χ0v) is 17.3. The Morgan fingerprint density at radius 1 is 1.12 bits per heavy atom. The Hall–Kier alpha value is -1.18. The molecule has 2 saturated carbocycles. The maximum Gasteiger partial charge on any atom is 0.156 e.